The van der Waals surface area contributed by atoms with Crippen LogP contribution < -0.4 is 0 Å². The van der Waals surface area contributed by atoms with E-state index >= 15 is 0 Å². The van der Waals surface area contributed by atoms with Gasteiger partial charge in [-0.2, -0.15) is 0 Å². The molecule has 0 unspecified atom stereocenters. The van der Waals surface area contributed by atoms with E-state index in [1.807, 2.05) is 32.4 Å². The third-order valence-corrected chi connectivity index (χ3v) is 2.27. The first-order valence-electron chi connectivity index (χ1n) is 5.50. The minimum Gasteiger partial charge on any atom is -0.361 e. The summed E-state index contributed by atoms with van der Waals surface area (Å²) in [6.45, 7) is 10.6. The number of nitrogens with one attached hydrogen (secondary N) is 1. The van der Waals surface area contributed by atoms with Crippen LogP contribution in [0.15, 0.2) is 24.7 Å². The van der Waals surface area contributed by atoms with Crippen LogP contribution in [0.5, 0.6) is 0 Å². The van der Waals surface area contributed by atoms with Gasteiger partial charge in [0.05, 0.1) is 5.52 Å². The number of aromatic nitrogens is 2. The van der Waals surface area contributed by atoms with Crippen LogP contribution in [0.2, 0.25) is 0 Å². The van der Waals surface area contributed by atoms with Crippen molar-refractivity contribution in [3.8, 4) is 0 Å². The molecule has 0 saturated heterocycles. The SMILES string of the molecule is CC.CC(C)(C)c1cncc2cc[nH]c12. The fourth-order valence-corrected chi connectivity index (χ4v) is 1.55. The lowest BCUT2D eigenvalue weighted by Crippen LogP contribution is -2.12. The first-order valence-corrected chi connectivity index (χ1v) is 5.50. The Morgan fingerprint density at radius 3 is 2.40 bits per heavy atom. The van der Waals surface area contributed by atoms with E-state index in [2.05, 4.69) is 36.8 Å². The van der Waals surface area contributed by atoms with Gasteiger partial charge in [0.1, 0.15) is 0 Å². The molecule has 0 atom stereocenters. The summed E-state index contributed by atoms with van der Waals surface area (Å²) in [5, 5.41) is 1.19. The Kier molecular flexibility index (Phi) is 3.51. The molecular weight excluding hydrogens is 184 g/mol. The van der Waals surface area contributed by atoms with E-state index in [9.17, 15) is 0 Å². The normalized spacial score (nSPS) is 11.0. The molecule has 0 radical (unpaired) electrons. The number of fused-ring (bicyclic) bond motifs is 1. The smallest absolute Gasteiger partial charge is 0.0522 e. The number of hydrogen-bond acceptors (Lipinski definition) is 1. The zero-order valence-corrected chi connectivity index (χ0v) is 10.3. The molecule has 0 amide bonds. The second-order valence-electron chi connectivity index (χ2n) is 4.38. The largest absolute Gasteiger partial charge is 0.361 e. The maximum atomic E-state index is 4.23. The van der Waals surface area contributed by atoms with E-state index in [4.69, 9.17) is 0 Å². The molecule has 2 heterocycles. The fourth-order valence-electron chi connectivity index (χ4n) is 1.55. The summed E-state index contributed by atoms with van der Waals surface area (Å²) in [6.07, 6.45) is 5.79. The van der Waals surface area contributed by atoms with E-state index in [-0.39, 0.29) is 5.41 Å². The highest BCUT2D eigenvalue weighted by Crippen LogP contribution is 2.27. The van der Waals surface area contributed by atoms with Gasteiger partial charge in [0, 0.05) is 24.0 Å². The summed E-state index contributed by atoms with van der Waals surface area (Å²) in [6, 6.07) is 2.05. The van der Waals surface area contributed by atoms with Crippen molar-refractivity contribution in [1.82, 2.24) is 9.97 Å². The van der Waals surface area contributed by atoms with E-state index in [0.717, 1.165) is 0 Å². The Hall–Kier alpha value is -1.31. The fraction of sp³-hybridized carbons (Fsp3) is 0.462. The van der Waals surface area contributed by atoms with Gasteiger partial charge in [-0.15, -0.1) is 0 Å². The van der Waals surface area contributed by atoms with Crippen LogP contribution in [0.4, 0.5) is 0 Å². The minimum absolute atomic E-state index is 0.150. The van der Waals surface area contributed by atoms with E-state index < -0.39 is 0 Å². The Morgan fingerprint density at radius 2 is 1.80 bits per heavy atom. The lowest BCUT2D eigenvalue weighted by molar-refractivity contribution is 0.592. The van der Waals surface area contributed by atoms with Crippen molar-refractivity contribution in [2.45, 2.75) is 40.0 Å². The quantitative estimate of drug-likeness (QED) is 0.693. The second kappa shape index (κ2) is 4.47. The number of H-pyrrole nitrogens is 1. The number of pyridine rings is 1. The van der Waals surface area contributed by atoms with Crippen molar-refractivity contribution >= 4 is 10.9 Å². The number of aromatic amines is 1. The molecule has 0 aliphatic rings. The van der Waals surface area contributed by atoms with Gasteiger partial charge >= 0.3 is 0 Å². The molecule has 0 spiro atoms. The van der Waals surface area contributed by atoms with Gasteiger partial charge in [-0.1, -0.05) is 34.6 Å². The van der Waals surface area contributed by atoms with E-state index in [1.165, 1.54) is 16.5 Å². The zero-order chi connectivity index (χ0) is 11.5. The van der Waals surface area contributed by atoms with E-state index in [0.29, 0.717) is 0 Å². The van der Waals surface area contributed by atoms with Crippen molar-refractivity contribution in [3.05, 3.63) is 30.2 Å². The van der Waals surface area contributed by atoms with Gasteiger partial charge in [-0.25, -0.2) is 0 Å². The highest BCUT2D eigenvalue weighted by molar-refractivity contribution is 5.82. The molecule has 0 aliphatic carbocycles. The maximum absolute atomic E-state index is 4.23. The van der Waals surface area contributed by atoms with Crippen LogP contribution in [0, 0.1) is 0 Å². The van der Waals surface area contributed by atoms with Gasteiger partial charge in [0.25, 0.3) is 0 Å². The predicted octanol–water partition coefficient (Wildman–Crippen LogP) is 3.89. The molecule has 2 aromatic heterocycles. The van der Waals surface area contributed by atoms with Crippen molar-refractivity contribution in [2.24, 2.45) is 0 Å². The Bertz CT molecular complexity index is 421. The first kappa shape index (κ1) is 11.8. The second-order valence-corrected chi connectivity index (χ2v) is 4.38. The van der Waals surface area contributed by atoms with Gasteiger partial charge < -0.3 is 4.98 Å². The molecule has 0 fully saturated rings. The summed E-state index contributed by atoms with van der Waals surface area (Å²) in [5.74, 6) is 0. The molecule has 2 heteroatoms. The van der Waals surface area contributed by atoms with Crippen molar-refractivity contribution in [2.75, 3.05) is 0 Å². The highest BCUT2D eigenvalue weighted by Gasteiger charge is 2.17. The Morgan fingerprint density at radius 1 is 1.13 bits per heavy atom. The third-order valence-electron chi connectivity index (χ3n) is 2.27. The number of nitrogens with zero attached hydrogens (tertiary/aromatic N) is 1. The number of hydrogen-bond donors (Lipinski definition) is 1. The van der Waals surface area contributed by atoms with Crippen LogP contribution in [-0.2, 0) is 5.41 Å². The maximum Gasteiger partial charge on any atom is 0.0522 e. The monoisotopic (exact) mass is 204 g/mol. The van der Waals surface area contributed by atoms with Gasteiger partial charge in [0.15, 0.2) is 0 Å². The van der Waals surface area contributed by atoms with Crippen molar-refractivity contribution < 1.29 is 0 Å². The van der Waals surface area contributed by atoms with Crippen molar-refractivity contribution in [1.29, 1.82) is 0 Å². The Labute approximate surface area is 91.7 Å². The molecule has 0 aromatic carbocycles. The Balaban J connectivity index is 0.000000531. The number of rotatable bonds is 0. The average Bonchev–Trinajstić information content (AvgIpc) is 2.66. The summed E-state index contributed by atoms with van der Waals surface area (Å²) < 4.78 is 0. The molecule has 0 aliphatic heterocycles. The molecule has 0 saturated carbocycles. The molecule has 2 nitrogen and oxygen atoms in total. The molecule has 0 bridgehead atoms. The highest BCUT2D eigenvalue weighted by atomic mass is 14.7. The zero-order valence-electron chi connectivity index (χ0n) is 10.3. The van der Waals surface area contributed by atoms with Crippen LogP contribution in [-0.4, -0.2) is 9.97 Å². The summed E-state index contributed by atoms with van der Waals surface area (Å²) in [7, 11) is 0. The summed E-state index contributed by atoms with van der Waals surface area (Å²) in [4.78, 5) is 7.49. The molecule has 15 heavy (non-hydrogen) atoms. The van der Waals surface area contributed by atoms with E-state index in [1.54, 1.807) is 0 Å². The predicted molar refractivity (Wildman–Crippen MR) is 66.1 cm³/mol. The topological polar surface area (TPSA) is 28.7 Å². The summed E-state index contributed by atoms with van der Waals surface area (Å²) in [5.41, 5.74) is 2.63. The lowest BCUT2D eigenvalue weighted by Gasteiger charge is -2.18. The molecule has 1 N–H and O–H groups in total. The lowest BCUT2D eigenvalue weighted by atomic mass is 9.87. The van der Waals surface area contributed by atoms with Gasteiger partial charge in [-0.3, -0.25) is 4.98 Å². The minimum atomic E-state index is 0.150. The third kappa shape index (κ3) is 2.38. The van der Waals surface area contributed by atoms with Crippen LogP contribution in [0.1, 0.15) is 40.2 Å². The van der Waals surface area contributed by atoms with Crippen LogP contribution >= 0.6 is 0 Å². The molecule has 82 valence electrons. The van der Waals surface area contributed by atoms with Crippen LogP contribution in [0.3, 0.4) is 0 Å². The molecule has 2 aromatic rings. The van der Waals surface area contributed by atoms with Gasteiger partial charge in [0.2, 0.25) is 0 Å². The van der Waals surface area contributed by atoms with Crippen LogP contribution in [0.25, 0.3) is 10.9 Å². The molecular formula is C13H20N2. The standard InChI is InChI=1S/C11H14N2.C2H6/c1-11(2,3)9-7-12-6-8-4-5-13-10(8)9;1-2/h4-7,13H,1-3H3;1-2H3. The first-order chi connectivity index (χ1) is 7.09. The van der Waals surface area contributed by atoms with Crippen molar-refractivity contribution in [3.63, 3.8) is 0 Å². The van der Waals surface area contributed by atoms with Gasteiger partial charge in [-0.05, 0) is 17.0 Å². The molecule has 2 rings (SSSR count). The summed E-state index contributed by atoms with van der Waals surface area (Å²) >= 11 is 0. The average molecular weight is 204 g/mol.